The van der Waals surface area contributed by atoms with Crippen LogP contribution in [0.25, 0.3) is 11.4 Å². The number of tetrazole rings is 1. The van der Waals surface area contributed by atoms with Gasteiger partial charge in [-0.2, -0.15) is 4.80 Å². The van der Waals surface area contributed by atoms with Crippen LogP contribution in [0.4, 0.5) is 14.5 Å². The van der Waals surface area contributed by atoms with E-state index in [0.717, 1.165) is 0 Å². The van der Waals surface area contributed by atoms with Gasteiger partial charge in [-0.15, -0.1) is 10.2 Å². The monoisotopic (exact) mass is 285 g/mol. The maximum Gasteiger partial charge on any atom is 0.252 e. The molecule has 5 nitrogen and oxygen atoms in total. The highest BCUT2D eigenvalue weighted by Crippen LogP contribution is 2.44. The molecule has 0 amide bonds. The Morgan fingerprint density at radius 1 is 1.37 bits per heavy atom. The van der Waals surface area contributed by atoms with Gasteiger partial charge in [-0.25, -0.2) is 8.78 Å². The van der Waals surface area contributed by atoms with E-state index in [1.54, 1.807) is 18.2 Å². The molecule has 1 aliphatic carbocycles. The van der Waals surface area contributed by atoms with Gasteiger partial charge in [0.2, 0.25) is 5.82 Å². The van der Waals surface area contributed by atoms with Gasteiger partial charge in [-0.05, 0) is 23.4 Å². The van der Waals surface area contributed by atoms with Crippen LogP contribution in [0.15, 0.2) is 18.2 Å². The standard InChI is InChI=1S/C11H10ClF2N5/c12-8-2-1-6(3-9(8)15)10-16-18-19(17-10)7-4-11(13,14)5-7/h1-3,7H,4-5,15H2. The molecule has 2 aromatic rings. The van der Waals surface area contributed by atoms with E-state index in [0.29, 0.717) is 22.1 Å². The number of nitrogen functional groups attached to an aromatic ring is 1. The summed E-state index contributed by atoms with van der Waals surface area (Å²) in [5.74, 6) is -2.26. The van der Waals surface area contributed by atoms with Crippen LogP contribution in [0.3, 0.4) is 0 Å². The Morgan fingerprint density at radius 2 is 2.11 bits per heavy atom. The summed E-state index contributed by atoms with van der Waals surface area (Å²) in [6.07, 6.45) is -0.489. The van der Waals surface area contributed by atoms with Crippen LogP contribution in [0.1, 0.15) is 18.9 Å². The van der Waals surface area contributed by atoms with Crippen LogP contribution in [0.5, 0.6) is 0 Å². The molecule has 1 saturated carbocycles. The number of anilines is 1. The average Bonchev–Trinajstić information content (AvgIpc) is 2.78. The first-order chi connectivity index (χ1) is 8.94. The molecule has 0 atom stereocenters. The number of aromatic nitrogens is 4. The molecular formula is C11H10ClF2N5. The van der Waals surface area contributed by atoms with Crippen molar-refractivity contribution in [1.82, 2.24) is 20.2 Å². The van der Waals surface area contributed by atoms with Crippen molar-refractivity contribution in [2.24, 2.45) is 0 Å². The van der Waals surface area contributed by atoms with Gasteiger partial charge in [-0.1, -0.05) is 11.6 Å². The molecule has 0 saturated heterocycles. The molecule has 0 unspecified atom stereocenters. The summed E-state index contributed by atoms with van der Waals surface area (Å²) in [4.78, 5) is 1.23. The Kier molecular flexibility index (Phi) is 2.67. The smallest absolute Gasteiger partial charge is 0.252 e. The highest BCUT2D eigenvalue weighted by Gasteiger charge is 2.47. The van der Waals surface area contributed by atoms with Crippen LogP contribution in [0, 0.1) is 0 Å². The van der Waals surface area contributed by atoms with Crippen molar-refractivity contribution in [3.8, 4) is 11.4 Å². The van der Waals surface area contributed by atoms with E-state index < -0.39 is 5.92 Å². The normalized spacial score (nSPS) is 18.3. The van der Waals surface area contributed by atoms with Crippen molar-refractivity contribution in [1.29, 1.82) is 0 Å². The van der Waals surface area contributed by atoms with Gasteiger partial charge in [0.1, 0.15) is 0 Å². The first-order valence-electron chi connectivity index (χ1n) is 5.67. The lowest BCUT2D eigenvalue weighted by molar-refractivity contribution is -0.110. The van der Waals surface area contributed by atoms with Crippen molar-refractivity contribution >= 4 is 17.3 Å². The fourth-order valence-corrected chi connectivity index (χ4v) is 2.09. The zero-order valence-electron chi connectivity index (χ0n) is 9.72. The van der Waals surface area contributed by atoms with Gasteiger partial charge in [0.05, 0.1) is 16.8 Å². The maximum atomic E-state index is 12.8. The molecular weight excluding hydrogens is 276 g/mol. The predicted octanol–water partition coefficient (Wildman–Crippen LogP) is 2.55. The zero-order valence-corrected chi connectivity index (χ0v) is 10.5. The number of nitrogens with two attached hydrogens (primary N) is 1. The zero-order chi connectivity index (χ0) is 13.6. The van der Waals surface area contributed by atoms with Gasteiger partial charge < -0.3 is 5.73 Å². The molecule has 1 aromatic heterocycles. The van der Waals surface area contributed by atoms with Crippen LogP contribution in [-0.4, -0.2) is 26.1 Å². The van der Waals surface area contributed by atoms with E-state index in [4.69, 9.17) is 17.3 Å². The van der Waals surface area contributed by atoms with Crippen molar-refractivity contribution in [3.63, 3.8) is 0 Å². The Hall–Kier alpha value is -1.76. The fourth-order valence-electron chi connectivity index (χ4n) is 1.97. The van der Waals surface area contributed by atoms with Crippen LogP contribution >= 0.6 is 11.6 Å². The Bertz CT molecular complexity index is 619. The average molecular weight is 286 g/mol. The predicted molar refractivity (Wildman–Crippen MR) is 65.9 cm³/mol. The van der Waals surface area contributed by atoms with Gasteiger partial charge in [-0.3, -0.25) is 0 Å². The van der Waals surface area contributed by atoms with Crippen molar-refractivity contribution in [2.45, 2.75) is 24.8 Å². The Balaban J connectivity index is 1.83. The van der Waals surface area contributed by atoms with E-state index in [9.17, 15) is 8.78 Å². The molecule has 8 heteroatoms. The van der Waals surface area contributed by atoms with E-state index in [1.165, 1.54) is 4.80 Å². The molecule has 2 N–H and O–H groups in total. The van der Waals surface area contributed by atoms with Crippen LogP contribution in [-0.2, 0) is 0 Å². The van der Waals surface area contributed by atoms with E-state index in [2.05, 4.69) is 15.4 Å². The second kappa shape index (κ2) is 4.12. The van der Waals surface area contributed by atoms with E-state index in [1.807, 2.05) is 0 Å². The molecule has 0 radical (unpaired) electrons. The number of benzene rings is 1. The molecule has 19 heavy (non-hydrogen) atoms. The number of nitrogens with zero attached hydrogens (tertiary/aromatic N) is 4. The molecule has 1 aliphatic rings. The number of hydrogen-bond donors (Lipinski definition) is 1. The number of rotatable bonds is 2. The number of halogens is 3. The minimum atomic E-state index is -2.61. The largest absolute Gasteiger partial charge is 0.398 e. The first-order valence-corrected chi connectivity index (χ1v) is 6.05. The topological polar surface area (TPSA) is 69.6 Å². The lowest BCUT2D eigenvalue weighted by Crippen LogP contribution is -2.38. The van der Waals surface area contributed by atoms with Crippen LogP contribution < -0.4 is 5.73 Å². The summed E-state index contributed by atoms with van der Waals surface area (Å²) in [5, 5.41) is 12.2. The summed E-state index contributed by atoms with van der Waals surface area (Å²) < 4.78 is 25.6. The molecule has 1 aromatic carbocycles. The molecule has 1 heterocycles. The highest BCUT2D eigenvalue weighted by molar-refractivity contribution is 6.33. The summed E-state index contributed by atoms with van der Waals surface area (Å²) in [6, 6.07) is 4.57. The van der Waals surface area contributed by atoms with Crippen molar-refractivity contribution in [3.05, 3.63) is 23.2 Å². The third kappa shape index (κ3) is 2.25. The van der Waals surface area contributed by atoms with Gasteiger partial charge in [0.15, 0.2) is 0 Å². The summed E-state index contributed by atoms with van der Waals surface area (Å²) >= 11 is 5.82. The quantitative estimate of drug-likeness (QED) is 0.861. The minimum absolute atomic E-state index is 0.244. The molecule has 0 spiro atoms. The van der Waals surface area contributed by atoms with E-state index in [-0.39, 0.29) is 18.9 Å². The summed E-state index contributed by atoms with van der Waals surface area (Å²) in [6.45, 7) is 0. The fraction of sp³-hybridized carbons (Fsp3) is 0.364. The number of alkyl halides is 2. The molecule has 100 valence electrons. The lowest BCUT2D eigenvalue weighted by Gasteiger charge is -2.33. The van der Waals surface area contributed by atoms with Gasteiger partial charge in [0, 0.05) is 18.4 Å². The summed E-state index contributed by atoms with van der Waals surface area (Å²) in [7, 11) is 0. The maximum absolute atomic E-state index is 12.8. The molecule has 3 rings (SSSR count). The second-order valence-electron chi connectivity index (χ2n) is 4.59. The Labute approximate surface area is 112 Å². The third-order valence-electron chi connectivity index (χ3n) is 3.08. The van der Waals surface area contributed by atoms with Gasteiger partial charge in [0.25, 0.3) is 5.92 Å². The van der Waals surface area contributed by atoms with Crippen molar-refractivity contribution < 1.29 is 8.78 Å². The minimum Gasteiger partial charge on any atom is -0.398 e. The van der Waals surface area contributed by atoms with Gasteiger partial charge >= 0.3 is 0 Å². The molecule has 0 bridgehead atoms. The lowest BCUT2D eigenvalue weighted by atomic mass is 9.89. The highest BCUT2D eigenvalue weighted by atomic mass is 35.5. The third-order valence-corrected chi connectivity index (χ3v) is 3.42. The summed E-state index contributed by atoms with van der Waals surface area (Å²) in [5.41, 5.74) is 6.74. The number of hydrogen-bond acceptors (Lipinski definition) is 4. The van der Waals surface area contributed by atoms with Crippen LogP contribution in [0.2, 0.25) is 5.02 Å². The van der Waals surface area contributed by atoms with Crippen molar-refractivity contribution in [2.75, 3.05) is 5.73 Å². The van der Waals surface area contributed by atoms with E-state index >= 15 is 0 Å². The first kappa shape index (κ1) is 12.3. The Morgan fingerprint density at radius 3 is 2.74 bits per heavy atom. The molecule has 1 fully saturated rings. The molecule has 0 aliphatic heterocycles. The SMILES string of the molecule is Nc1cc(-c2nnn(C3CC(F)(F)C3)n2)ccc1Cl. The second-order valence-corrected chi connectivity index (χ2v) is 4.99.